The summed E-state index contributed by atoms with van der Waals surface area (Å²) < 4.78 is 7.35. The zero-order chi connectivity index (χ0) is 20.4. The fourth-order valence-electron chi connectivity index (χ4n) is 4.23. The Bertz CT molecular complexity index is 969. The molecule has 1 aliphatic carbocycles. The maximum Gasteiger partial charge on any atom is 0.233 e. The Hall–Kier alpha value is -2.90. The number of amides is 1. The normalized spacial score (nSPS) is 19.2. The van der Waals surface area contributed by atoms with E-state index in [0.29, 0.717) is 29.5 Å². The maximum absolute atomic E-state index is 12.2. The molecule has 2 atom stereocenters. The molecule has 154 valence electrons. The number of nitrogens with one attached hydrogen (secondary N) is 2. The van der Waals surface area contributed by atoms with Gasteiger partial charge in [-0.1, -0.05) is 5.16 Å². The summed E-state index contributed by atoms with van der Waals surface area (Å²) in [7, 11) is 0. The van der Waals surface area contributed by atoms with Gasteiger partial charge in [0.05, 0.1) is 12.1 Å². The average molecular weight is 396 g/mol. The fraction of sp³-hybridized carbons (Fsp3) is 0.524. The van der Waals surface area contributed by atoms with Crippen molar-refractivity contribution in [3.8, 4) is 0 Å². The van der Waals surface area contributed by atoms with Crippen LogP contribution in [0.15, 0.2) is 29.0 Å². The van der Waals surface area contributed by atoms with E-state index in [2.05, 4.69) is 50.3 Å². The van der Waals surface area contributed by atoms with E-state index in [1.54, 1.807) is 6.07 Å². The molecule has 3 heterocycles. The monoisotopic (exact) mass is 396 g/mol. The van der Waals surface area contributed by atoms with E-state index in [-0.39, 0.29) is 12.3 Å². The third kappa shape index (κ3) is 4.58. The van der Waals surface area contributed by atoms with Gasteiger partial charge in [-0.3, -0.25) is 9.89 Å². The van der Waals surface area contributed by atoms with Crippen LogP contribution in [-0.2, 0) is 17.6 Å². The van der Waals surface area contributed by atoms with Gasteiger partial charge in [0, 0.05) is 48.6 Å². The van der Waals surface area contributed by atoms with Gasteiger partial charge in [-0.25, -0.2) is 4.98 Å². The van der Waals surface area contributed by atoms with Crippen LogP contribution >= 0.6 is 0 Å². The molecule has 0 saturated heterocycles. The predicted octanol–water partition coefficient (Wildman–Crippen LogP) is 3.79. The van der Waals surface area contributed by atoms with E-state index in [4.69, 9.17) is 4.52 Å². The molecular weight excluding hydrogens is 368 g/mol. The van der Waals surface area contributed by atoms with Crippen LogP contribution in [0.4, 0.5) is 5.82 Å². The third-order valence-corrected chi connectivity index (χ3v) is 5.63. The molecule has 2 N–H and O–H groups in total. The van der Waals surface area contributed by atoms with Crippen molar-refractivity contribution in [1.29, 1.82) is 0 Å². The zero-order valence-corrected chi connectivity index (χ0v) is 17.2. The topological polar surface area (TPSA) is 102 Å². The van der Waals surface area contributed by atoms with Crippen LogP contribution < -0.4 is 5.32 Å². The molecule has 1 aliphatic rings. The van der Waals surface area contributed by atoms with Crippen molar-refractivity contribution >= 4 is 11.7 Å². The van der Waals surface area contributed by atoms with Crippen LogP contribution in [0.5, 0.6) is 0 Å². The van der Waals surface area contributed by atoms with Gasteiger partial charge in [0.1, 0.15) is 11.6 Å². The maximum atomic E-state index is 12.2. The number of aromatic amines is 1. The van der Waals surface area contributed by atoms with Gasteiger partial charge in [0.2, 0.25) is 5.91 Å². The number of rotatable bonds is 7. The Morgan fingerprint density at radius 1 is 1.38 bits per heavy atom. The third-order valence-electron chi connectivity index (χ3n) is 5.63. The average Bonchev–Trinajstić information content (AvgIpc) is 3.43. The standard InChI is InChI=1S/C21H28N6O2/c1-13(2)27-7-6-22-20(27)10-15-4-5-16(9-15)18-12-19(25-24-18)23-21(28)11-17-8-14(3)26-29-17/h6-8,12-13,15-16H,4-5,9-11H2,1-3H3,(H2,23,24,25,28)/t15-,16+/m1/s1. The summed E-state index contributed by atoms with van der Waals surface area (Å²) in [6.45, 7) is 6.20. The van der Waals surface area contributed by atoms with Gasteiger partial charge < -0.3 is 14.4 Å². The quantitative estimate of drug-likeness (QED) is 0.633. The summed E-state index contributed by atoms with van der Waals surface area (Å²) >= 11 is 0. The number of imidazole rings is 1. The van der Waals surface area contributed by atoms with Gasteiger partial charge in [0.25, 0.3) is 0 Å². The minimum Gasteiger partial charge on any atom is -0.361 e. The molecule has 3 aromatic heterocycles. The molecule has 1 saturated carbocycles. The Kier molecular flexibility index (Phi) is 5.51. The highest BCUT2D eigenvalue weighted by molar-refractivity contribution is 5.91. The van der Waals surface area contributed by atoms with Crippen molar-refractivity contribution in [3.05, 3.63) is 47.5 Å². The number of hydrogen-bond donors (Lipinski definition) is 2. The highest BCUT2D eigenvalue weighted by Gasteiger charge is 2.28. The molecule has 0 radical (unpaired) electrons. The van der Waals surface area contributed by atoms with Gasteiger partial charge >= 0.3 is 0 Å². The van der Waals surface area contributed by atoms with Crippen molar-refractivity contribution in [3.63, 3.8) is 0 Å². The van der Waals surface area contributed by atoms with Gasteiger partial charge in [0.15, 0.2) is 5.82 Å². The second-order valence-electron chi connectivity index (χ2n) is 8.29. The Morgan fingerprint density at radius 3 is 3.00 bits per heavy atom. The van der Waals surface area contributed by atoms with Crippen LogP contribution in [0.25, 0.3) is 0 Å². The first-order valence-corrected chi connectivity index (χ1v) is 10.3. The van der Waals surface area contributed by atoms with E-state index in [1.165, 1.54) is 12.2 Å². The lowest BCUT2D eigenvalue weighted by Gasteiger charge is -2.14. The van der Waals surface area contributed by atoms with E-state index >= 15 is 0 Å². The SMILES string of the molecule is Cc1cc(CC(=O)Nc2cc([C@H]3CC[C@@H](Cc4nccn4C(C)C)C3)[nH]n2)on1. The van der Waals surface area contributed by atoms with E-state index in [0.717, 1.165) is 30.7 Å². The molecule has 1 amide bonds. The molecule has 0 aromatic carbocycles. The Balaban J connectivity index is 1.31. The van der Waals surface area contributed by atoms with Crippen molar-refractivity contribution < 1.29 is 9.32 Å². The van der Waals surface area contributed by atoms with Crippen LogP contribution in [-0.4, -0.2) is 30.8 Å². The minimum absolute atomic E-state index is 0.150. The first-order chi connectivity index (χ1) is 14.0. The highest BCUT2D eigenvalue weighted by Crippen LogP contribution is 2.39. The lowest BCUT2D eigenvalue weighted by Crippen LogP contribution is -2.14. The number of H-pyrrole nitrogens is 1. The number of carbonyl (C=O) groups excluding carboxylic acids is 1. The number of carbonyl (C=O) groups is 1. The fourth-order valence-corrected chi connectivity index (χ4v) is 4.23. The van der Waals surface area contributed by atoms with Crippen molar-refractivity contribution in [2.24, 2.45) is 5.92 Å². The summed E-state index contributed by atoms with van der Waals surface area (Å²) in [4.78, 5) is 16.7. The van der Waals surface area contributed by atoms with Gasteiger partial charge in [-0.15, -0.1) is 0 Å². The number of aryl methyl sites for hydroxylation is 1. The Labute approximate surface area is 170 Å². The van der Waals surface area contributed by atoms with Crippen molar-refractivity contribution in [2.75, 3.05) is 5.32 Å². The van der Waals surface area contributed by atoms with Gasteiger partial charge in [-0.05, 0) is 46.0 Å². The van der Waals surface area contributed by atoms with Crippen molar-refractivity contribution in [2.45, 2.75) is 64.8 Å². The van der Waals surface area contributed by atoms with Crippen LogP contribution in [0.1, 0.15) is 68.0 Å². The number of nitrogens with zero attached hydrogens (tertiary/aromatic N) is 4. The summed E-state index contributed by atoms with van der Waals surface area (Å²) in [5.74, 6) is 3.18. The lowest BCUT2D eigenvalue weighted by atomic mass is 9.99. The minimum atomic E-state index is -0.163. The first kappa shape index (κ1) is 19.4. The molecule has 0 bridgehead atoms. The molecular formula is C21H28N6O2. The molecule has 3 aromatic rings. The molecule has 0 spiro atoms. The van der Waals surface area contributed by atoms with Crippen LogP contribution in [0, 0.1) is 12.8 Å². The number of hydrogen-bond acceptors (Lipinski definition) is 5. The molecule has 1 fully saturated rings. The largest absolute Gasteiger partial charge is 0.361 e. The van der Waals surface area contributed by atoms with Crippen molar-refractivity contribution in [1.82, 2.24) is 24.9 Å². The van der Waals surface area contributed by atoms with E-state index in [9.17, 15) is 4.79 Å². The van der Waals surface area contributed by atoms with Gasteiger partial charge in [-0.2, -0.15) is 5.10 Å². The first-order valence-electron chi connectivity index (χ1n) is 10.3. The Morgan fingerprint density at radius 2 is 2.24 bits per heavy atom. The molecule has 0 aliphatic heterocycles. The summed E-state index contributed by atoms with van der Waals surface area (Å²) in [6.07, 6.45) is 8.54. The summed E-state index contributed by atoms with van der Waals surface area (Å²) in [5, 5.41) is 14.0. The molecule has 4 rings (SSSR count). The smallest absolute Gasteiger partial charge is 0.233 e. The van der Waals surface area contributed by atoms with E-state index in [1.807, 2.05) is 19.2 Å². The number of aromatic nitrogens is 5. The van der Waals surface area contributed by atoms with Crippen LogP contribution in [0.3, 0.4) is 0 Å². The summed E-state index contributed by atoms with van der Waals surface area (Å²) in [5.41, 5.74) is 1.85. The highest BCUT2D eigenvalue weighted by atomic mass is 16.5. The number of anilines is 1. The zero-order valence-electron chi connectivity index (χ0n) is 17.2. The molecule has 29 heavy (non-hydrogen) atoms. The lowest BCUT2D eigenvalue weighted by molar-refractivity contribution is -0.115. The molecule has 8 heteroatoms. The summed E-state index contributed by atoms with van der Waals surface area (Å²) in [6, 6.07) is 4.15. The second-order valence-corrected chi connectivity index (χ2v) is 8.29. The van der Waals surface area contributed by atoms with E-state index < -0.39 is 0 Å². The van der Waals surface area contributed by atoms with Crippen LogP contribution in [0.2, 0.25) is 0 Å². The molecule has 0 unspecified atom stereocenters. The molecule has 8 nitrogen and oxygen atoms in total. The second kappa shape index (κ2) is 8.23. The predicted molar refractivity (Wildman–Crippen MR) is 109 cm³/mol.